The number of hydrogen-bond acceptors (Lipinski definition) is 4. The van der Waals surface area contributed by atoms with Gasteiger partial charge in [0.25, 0.3) is 15.6 Å². The standard InChI is InChI=1S/C18H16ClN3O3S/c1-11-7-12(2)9-14(8-11)22-26(24,25)17-10-13(3-4-15(17)19)16-5-6-18(23)21-20-16/h3-10,22H,1-2H3,(H,21,23). The van der Waals surface area contributed by atoms with Crippen LogP contribution in [0.5, 0.6) is 0 Å². The van der Waals surface area contributed by atoms with Crippen LogP contribution in [0.3, 0.4) is 0 Å². The minimum Gasteiger partial charge on any atom is -0.280 e. The van der Waals surface area contributed by atoms with Crippen molar-refractivity contribution >= 4 is 27.3 Å². The molecule has 1 heterocycles. The van der Waals surface area contributed by atoms with Crippen LogP contribution >= 0.6 is 11.6 Å². The molecule has 0 amide bonds. The Morgan fingerprint density at radius 1 is 1.00 bits per heavy atom. The topological polar surface area (TPSA) is 91.9 Å². The van der Waals surface area contributed by atoms with Crippen molar-refractivity contribution in [2.45, 2.75) is 18.7 Å². The van der Waals surface area contributed by atoms with Gasteiger partial charge in [-0.15, -0.1) is 0 Å². The number of rotatable bonds is 4. The molecule has 0 unspecified atom stereocenters. The van der Waals surface area contributed by atoms with Gasteiger partial charge in [0.2, 0.25) is 0 Å². The van der Waals surface area contributed by atoms with E-state index >= 15 is 0 Å². The van der Waals surface area contributed by atoms with Crippen molar-refractivity contribution in [1.82, 2.24) is 10.2 Å². The summed E-state index contributed by atoms with van der Waals surface area (Å²) in [5, 5.41) is 6.33. The second-order valence-electron chi connectivity index (χ2n) is 5.93. The number of aromatic amines is 1. The van der Waals surface area contributed by atoms with E-state index in [1.54, 1.807) is 18.2 Å². The molecule has 8 heteroatoms. The van der Waals surface area contributed by atoms with Crippen LogP contribution in [0.2, 0.25) is 5.02 Å². The molecule has 0 saturated carbocycles. The summed E-state index contributed by atoms with van der Waals surface area (Å²) in [6.07, 6.45) is 0. The van der Waals surface area contributed by atoms with Gasteiger partial charge in [-0.1, -0.05) is 23.7 Å². The predicted octanol–water partition coefficient (Wildman–Crippen LogP) is 3.51. The van der Waals surface area contributed by atoms with Gasteiger partial charge in [-0.05, 0) is 55.3 Å². The molecule has 0 aliphatic heterocycles. The maximum Gasteiger partial charge on any atom is 0.264 e. The highest BCUT2D eigenvalue weighted by atomic mass is 35.5. The van der Waals surface area contributed by atoms with Gasteiger partial charge in [-0.25, -0.2) is 13.5 Å². The van der Waals surface area contributed by atoms with Crippen molar-refractivity contribution < 1.29 is 8.42 Å². The Labute approximate surface area is 155 Å². The first-order valence-electron chi connectivity index (χ1n) is 7.71. The third kappa shape index (κ3) is 3.95. The second-order valence-corrected chi connectivity index (χ2v) is 7.99. The predicted molar refractivity (Wildman–Crippen MR) is 102 cm³/mol. The van der Waals surface area contributed by atoms with E-state index in [4.69, 9.17) is 11.6 Å². The van der Waals surface area contributed by atoms with Crippen LogP contribution in [0.15, 0.2) is 58.2 Å². The molecule has 1 aromatic heterocycles. The molecular formula is C18H16ClN3O3S. The maximum absolute atomic E-state index is 12.8. The van der Waals surface area contributed by atoms with E-state index in [1.807, 2.05) is 19.9 Å². The number of aromatic nitrogens is 2. The van der Waals surface area contributed by atoms with Crippen LogP contribution in [0.25, 0.3) is 11.3 Å². The first-order chi connectivity index (χ1) is 12.2. The Balaban J connectivity index is 2.02. The summed E-state index contributed by atoms with van der Waals surface area (Å²) in [5.41, 5.74) is 2.97. The molecule has 0 aliphatic rings. The van der Waals surface area contributed by atoms with E-state index in [9.17, 15) is 13.2 Å². The zero-order valence-electron chi connectivity index (χ0n) is 14.1. The summed E-state index contributed by atoms with van der Waals surface area (Å²) >= 11 is 6.12. The van der Waals surface area contributed by atoms with Gasteiger partial charge >= 0.3 is 0 Å². The molecule has 6 nitrogen and oxygen atoms in total. The highest BCUT2D eigenvalue weighted by Crippen LogP contribution is 2.29. The number of aryl methyl sites for hydroxylation is 2. The largest absolute Gasteiger partial charge is 0.280 e. The van der Waals surface area contributed by atoms with Crippen molar-refractivity contribution in [3.63, 3.8) is 0 Å². The number of halogens is 1. The van der Waals surface area contributed by atoms with Crippen LogP contribution < -0.4 is 10.3 Å². The first-order valence-corrected chi connectivity index (χ1v) is 9.57. The minimum atomic E-state index is -3.90. The molecule has 0 radical (unpaired) electrons. The van der Waals surface area contributed by atoms with E-state index in [0.29, 0.717) is 16.9 Å². The lowest BCUT2D eigenvalue weighted by Gasteiger charge is -2.12. The number of hydrogen-bond donors (Lipinski definition) is 2. The Hall–Kier alpha value is -2.64. The minimum absolute atomic E-state index is 0.0659. The molecule has 0 spiro atoms. The van der Waals surface area contributed by atoms with Gasteiger partial charge in [-0.2, -0.15) is 5.10 Å². The van der Waals surface area contributed by atoms with Crippen LogP contribution in [0.1, 0.15) is 11.1 Å². The van der Waals surface area contributed by atoms with E-state index < -0.39 is 10.0 Å². The second kappa shape index (κ2) is 6.93. The molecule has 2 aromatic carbocycles. The van der Waals surface area contributed by atoms with E-state index in [2.05, 4.69) is 14.9 Å². The number of sulfonamides is 1. The average Bonchev–Trinajstić information content (AvgIpc) is 2.54. The summed E-state index contributed by atoms with van der Waals surface area (Å²) in [6.45, 7) is 3.78. The molecule has 3 aromatic rings. The SMILES string of the molecule is Cc1cc(C)cc(NS(=O)(=O)c2cc(-c3ccc(=O)[nH]n3)ccc2Cl)c1. The van der Waals surface area contributed by atoms with Gasteiger partial charge in [-0.3, -0.25) is 9.52 Å². The van der Waals surface area contributed by atoms with Crippen LogP contribution in [-0.4, -0.2) is 18.6 Å². The summed E-state index contributed by atoms with van der Waals surface area (Å²) < 4.78 is 28.2. The fraction of sp³-hybridized carbons (Fsp3) is 0.111. The third-order valence-corrected chi connectivity index (χ3v) is 5.53. The molecule has 2 N–H and O–H groups in total. The highest BCUT2D eigenvalue weighted by molar-refractivity contribution is 7.92. The molecule has 3 rings (SSSR count). The lowest BCUT2D eigenvalue weighted by Crippen LogP contribution is -2.14. The normalized spacial score (nSPS) is 11.3. The van der Waals surface area contributed by atoms with Crippen molar-refractivity contribution in [2.75, 3.05) is 4.72 Å². The fourth-order valence-corrected chi connectivity index (χ4v) is 4.18. The zero-order chi connectivity index (χ0) is 18.9. The summed E-state index contributed by atoms with van der Waals surface area (Å²) in [4.78, 5) is 11.1. The molecule has 0 atom stereocenters. The molecule has 0 fully saturated rings. The van der Waals surface area contributed by atoms with Crippen LogP contribution in [0, 0.1) is 13.8 Å². The smallest absolute Gasteiger partial charge is 0.264 e. The van der Waals surface area contributed by atoms with Crippen LogP contribution in [-0.2, 0) is 10.0 Å². The van der Waals surface area contributed by atoms with Gasteiger partial charge in [0.05, 0.1) is 10.7 Å². The molecule has 134 valence electrons. The molecule has 26 heavy (non-hydrogen) atoms. The van der Waals surface area contributed by atoms with Gasteiger partial charge < -0.3 is 0 Å². The summed E-state index contributed by atoms with van der Waals surface area (Å²) in [7, 11) is -3.90. The number of nitrogens with one attached hydrogen (secondary N) is 2. The Kier molecular flexibility index (Phi) is 4.84. The number of H-pyrrole nitrogens is 1. The number of anilines is 1. The lowest BCUT2D eigenvalue weighted by molar-refractivity contribution is 0.601. The lowest BCUT2D eigenvalue weighted by atomic mass is 10.1. The molecule has 0 saturated heterocycles. The van der Waals surface area contributed by atoms with Crippen LogP contribution in [0.4, 0.5) is 5.69 Å². The van der Waals surface area contributed by atoms with E-state index in [1.165, 1.54) is 24.3 Å². The Morgan fingerprint density at radius 2 is 1.69 bits per heavy atom. The van der Waals surface area contributed by atoms with E-state index in [0.717, 1.165) is 11.1 Å². The third-order valence-electron chi connectivity index (χ3n) is 3.67. The summed E-state index contributed by atoms with van der Waals surface area (Å²) in [5.74, 6) is 0. The maximum atomic E-state index is 12.8. The first kappa shape index (κ1) is 18.2. The van der Waals surface area contributed by atoms with Crippen molar-refractivity contribution in [3.8, 4) is 11.3 Å². The van der Waals surface area contributed by atoms with Crippen molar-refractivity contribution in [3.05, 3.63) is 75.0 Å². The quantitative estimate of drug-likeness (QED) is 0.714. The highest BCUT2D eigenvalue weighted by Gasteiger charge is 2.19. The van der Waals surface area contributed by atoms with E-state index in [-0.39, 0.29) is 15.5 Å². The fourth-order valence-electron chi connectivity index (χ4n) is 2.62. The molecular weight excluding hydrogens is 374 g/mol. The molecule has 0 aliphatic carbocycles. The monoisotopic (exact) mass is 389 g/mol. The molecule has 0 bridgehead atoms. The van der Waals surface area contributed by atoms with Gasteiger partial charge in [0, 0.05) is 17.3 Å². The van der Waals surface area contributed by atoms with Gasteiger partial charge in [0.1, 0.15) is 4.90 Å². The zero-order valence-corrected chi connectivity index (χ0v) is 15.6. The van der Waals surface area contributed by atoms with Crippen molar-refractivity contribution in [2.24, 2.45) is 0 Å². The number of nitrogens with zero attached hydrogens (tertiary/aromatic N) is 1. The van der Waals surface area contributed by atoms with Crippen molar-refractivity contribution in [1.29, 1.82) is 0 Å². The Morgan fingerprint density at radius 3 is 2.31 bits per heavy atom. The van der Waals surface area contributed by atoms with Gasteiger partial charge in [0.15, 0.2) is 0 Å². The number of benzene rings is 2. The Bertz CT molecular complexity index is 1100. The average molecular weight is 390 g/mol. The summed E-state index contributed by atoms with van der Waals surface area (Å²) in [6, 6.07) is 12.8.